The quantitative estimate of drug-likeness (QED) is 0.195. The lowest BCUT2D eigenvalue weighted by Crippen LogP contribution is -2.37. The Morgan fingerprint density at radius 1 is 1.06 bits per heavy atom. The molecule has 0 amide bonds. The molecule has 1 heterocycles. The number of para-hydroxylation sites is 1. The normalized spacial score (nSPS) is 11.0. The SMILES string of the molecule is CN=C(NCCCc1ccc(OC)cc1)NCc1ccccc1-n1nc(C)cc1C.I. The molecular weight excluding hydrogens is 501 g/mol. The number of aliphatic imine (C=N–C) groups is 1. The zero-order valence-corrected chi connectivity index (χ0v) is 21.0. The monoisotopic (exact) mass is 533 g/mol. The van der Waals surface area contributed by atoms with Crippen molar-refractivity contribution in [2.24, 2.45) is 4.99 Å². The summed E-state index contributed by atoms with van der Waals surface area (Å²) in [5, 5.41) is 11.4. The molecule has 3 aromatic rings. The van der Waals surface area contributed by atoms with Crippen LogP contribution in [0.5, 0.6) is 5.75 Å². The van der Waals surface area contributed by atoms with Crippen molar-refractivity contribution in [1.29, 1.82) is 0 Å². The van der Waals surface area contributed by atoms with E-state index in [0.717, 1.165) is 48.2 Å². The van der Waals surface area contributed by atoms with Gasteiger partial charge in [-0.2, -0.15) is 5.10 Å². The molecule has 0 unspecified atom stereocenters. The molecule has 0 radical (unpaired) electrons. The summed E-state index contributed by atoms with van der Waals surface area (Å²) in [6.45, 7) is 5.62. The van der Waals surface area contributed by atoms with Gasteiger partial charge in [0.15, 0.2) is 5.96 Å². The maximum absolute atomic E-state index is 5.21. The molecule has 0 saturated heterocycles. The molecule has 31 heavy (non-hydrogen) atoms. The van der Waals surface area contributed by atoms with Crippen LogP contribution in [0.15, 0.2) is 59.6 Å². The van der Waals surface area contributed by atoms with Crippen molar-refractivity contribution >= 4 is 29.9 Å². The lowest BCUT2D eigenvalue weighted by Gasteiger charge is -2.15. The molecule has 3 rings (SSSR count). The van der Waals surface area contributed by atoms with E-state index in [4.69, 9.17) is 4.74 Å². The first kappa shape index (κ1) is 24.7. The lowest BCUT2D eigenvalue weighted by atomic mass is 10.1. The summed E-state index contributed by atoms with van der Waals surface area (Å²) in [7, 11) is 3.49. The largest absolute Gasteiger partial charge is 0.497 e. The number of nitrogens with zero attached hydrogens (tertiary/aromatic N) is 3. The summed E-state index contributed by atoms with van der Waals surface area (Å²) >= 11 is 0. The Balaban J connectivity index is 0.00000341. The van der Waals surface area contributed by atoms with Crippen molar-refractivity contribution in [3.63, 3.8) is 0 Å². The van der Waals surface area contributed by atoms with Gasteiger partial charge in [0.1, 0.15) is 5.75 Å². The lowest BCUT2D eigenvalue weighted by molar-refractivity contribution is 0.414. The van der Waals surface area contributed by atoms with Gasteiger partial charge in [-0.3, -0.25) is 4.99 Å². The van der Waals surface area contributed by atoms with Gasteiger partial charge >= 0.3 is 0 Å². The van der Waals surface area contributed by atoms with E-state index in [-0.39, 0.29) is 24.0 Å². The summed E-state index contributed by atoms with van der Waals surface area (Å²) in [6, 6.07) is 18.6. The molecule has 0 aliphatic rings. The first-order valence-corrected chi connectivity index (χ1v) is 10.3. The minimum Gasteiger partial charge on any atom is -0.497 e. The van der Waals surface area contributed by atoms with E-state index in [2.05, 4.69) is 64.0 Å². The second-order valence-electron chi connectivity index (χ2n) is 7.27. The predicted octanol–water partition coefficient (Wildman–Crippen LogP) is 4.41. The third-order valence-electron chi connectivity index (χ3n) is 4.99. The highest BCUT2D eigenvalue weighted by Gasteiger charge is 2.09. The third kappa shape index (κ3) is 6.99. The number of guanidine groups is 1. The van der Waals surface area contributed by atoms with E-state index >= 15 is 0 Å². The summed E-state index contributed by atoms with van der Waals surface area (Å²) in [4.78, 5) is 4.35. The second kappa shape index (κ2) is 12.3. The maximum atomic E-state index is 5.21. The molecule has 0 saturated carbocycles. The highest BCUT2D eigenvalue weighted by molar-refractivity contribution is 14.0. The minimum atomic E-state index is 0. The van der Waals surface area contributed by atoms with Crippen LogP contribution in [0.25, 0.3) is 5.69 Å². The minimum absolute atomic E-state index is 0. The molecule has 166 valence electrons. The van der Waals surface area contributed by atoms with Gasteiger partial charge in [-0.15, -0.1) is 24.0 Å². The first-order valence-electron chi connectivity index (χ1n) is 10.3. The average Bonchev–Trinajstić information content (AvgIpc) is 3.11. The van der Waals surface area contributed by atoms with Gasteiger partial charge in [0, 0.05) is 25.8 Å². The van der Waals surface area contributed by atoms with E-state index in [0.29, 0.717) is 6.54 Å². The fraction of sp³-hybridized carbons (Fsp3) is 0.333. The van der Waals surface area contributed by atoms with Gasteiger partial charge in [-0.1, -0.05) is 30.3 Å². The Hall–Kier alpha value is -2.55. The van der Waals surface area contributed by atoms with Crippen molar-refractivity contribution in [3.05, 3.63) is 77.1 Å². The summed E-state index contributed by atoms with van der Waals surface area (Å²) < 4.78 is 7.20. The molecule has 0 fully saturated rings. The van der Waals surface area contributed by atoms with Gasteiger partial charge in [0.25, 0.3) is 0 Å². The number of aryl methyl sites for hydroxylation is 3. The molecule has 0 spiro atoms. The van der Waals surface area contributed by atoms with Crippen LogP contribution >= 0.6 is 24.0 Å². The van der Waals surface area contributed by atoms with Gasteiger partial charge < -0.3 is 15.4 Å². The van der Waals surface area contributed by atoms with Crippen LogP contribution in [0, 0.1) is 13.8 Å². The molecular formula is C24H32IN5O. The molecule has 0 aliphatic heterocycles. The van der Waals surface area contributed by atoms with Gasteiger partial charge in [-0.25, -0.2) is 4.68 Å². The van der Waals surface area contributed by atoms with E-state index < -0.39 is 0 Å². The number of methoxy groups -OCH3 is 1. The van der Waals surface area contributed by atoms with E-state index in [1.807, 2.05) is 29.8 Å². The van der Waals surface area contributed by atoms with E-state index in [9.17, 15) is 0 Å². The standard InChI is InChI=1S/C24H31N5O.HI/c1-18-16-19(2)29(28-18)23-10-6-5-9-21(23)17-27-24(25-3)26-15-7-8-20-11-13-22(30-4)14-12-20;/h5-6,9-14,16H,7-8,15,17H2,1-4H3,(H2,25,26,27);1H. The van der Waals surface area contributed by atoms with Crippen molar-refractivity contribution < 1.29 is 4.74 Å². The number of rotatable bonds is 8. The molecule has 7 heteroatoms. The Bertz CT molecular complexity index is 982. The van der Waals surface area contributed by atoms with Crippen LogP contribution in [0.3, 0.4) is 0 Å². The van der Waals surface area contributed by atoms with Crippen LogP contribution in [-0.2, 0) is 13.0 Å². The zero-order chi connectivity index (χ0) is 21.3. The van der Waals surface area contributed by atoms with E-state index in [1.165, 1.54) is 11.1 Å². The van der Waals surface area contributed by atoms with Crippen LogP contribution in [0.1, 0.15) is 28.9 Å². The molecule has 0 atom stereocenters. The highest BCUT2D eigenvalue weighted by atomic mass is 127. The van der Waals surface area contributed by atoms with Crippen molar-refractivity contribution in [1.82, 2.24) is 20.4 Å². The van der Waals surface area contributed by atoms with Crippen LogP contribution in [-0.4, -0.2) is 36.4 Å². The number of aromatic nitrogens is 2. The maximum Gasteiger partial charge on any atom is 0.191 e. The average molecular weight is 533 g/mol. The van der Waals surface area contributed by atoms with Gasteiger partial charge in [0.05, 0.1) is 18.5 Å². The summed E-state index contributed by atoms with van der Waals surface area (Å²) in [5.41, 5.74) is 5.71. The van der Waals surface area contributed by atoms with Crippen molar-refractivity contribution in [2.75, 3.05) is 20.7 Å². The Morgan fingerprint density at radius 2 is 1.81 bits per heavy atom. The Kier molecular flexibility index (Phi) is 9.84. The number of hydrogen-bond acceptors (Lipinski definition) is 3. The Morgan fingerprint density at radius 3 is 2.45 bits per heavy atom. The zero-order valence-electron chi connectivity index (χ0n) is 18.7. The predicted molar refractivity (Wildman–Crippen MR) is 138 cm³/mol. The van der Waals surface area contributed by atoms with Gasteiger partial charge in [0.2, 0.25) is 0 Å². The molecule has 6 nitrogen and oxygen atoms in total. The molecule has 2 N–H and O–H groups in total. The third-order valence-corrected chi connectivity index (χ3v) is 4.99. The number of halogens is 1. The van der Waals surface area contributed by atoms with Crippen LogP contribution in [0.4, 0.5) is 0 Å². The fourth-order valence-corrected chi connectivity index (χ4v) is 3.43. The fourth-order valence-electron chi connectivity index (χ4n) is 3.43. The highest BCUT2D eigenvalue weighted by Crippen LogP contribution is 2.17. The molecule has 1 aromatic heterocycles. The molecule has 2 aromatic carbocycles. The molecule has 0 aliphatic carbocycles. The van der Waals surface area contributed by atoms with Crippen molar-refractivity contribution in [3.8, 4) is 11.4 Å². The smallest absolute Gasteiger partial charge is 0.191 e. The van der Waals surface area contributed by atoms with Gasteiger partial charge in [-0.05, 0) is 62.1 Å². The number of nitrogens with one attached hydrogen (secondary N) is 2. The van der Waals surface area contributed by atoms with Crippen LogP contribution < -0.4 is 15.4 Å². The van der Waals surface area contributed by atoms with Crippen LogP contribution in [0.2, 0.25) is 0 Å². The summed E-state index contributed by atoms with van der Waals surface area (Å²) in [6.07, 6.45) is 2.03. The molecule has 0 bridgehead atoms. The number of benzene rings is 2. The van der Waals surface area contributed by atoms with E-state index in [1.54, 1.807) is 14.2 Å². The second-order valence-corrected chi connectivity index (χ2v) is 7.27. The first-order chi connectivity index (χ1) is 14.6. The number of hydrogen-bond donors (Lipinski definition) is 2. The van der Waals surface area contributed by atoms with Crippen molar-refractivity contribution in [2.45, 2.75) is 33.2 Å². The summed E-state index contributed by atoms with van der Waals surface area (Å²) in [5.74, 6) is 1.69. The Labute approximate surface area is 202 Å². The number of ether oxygens (including phenoxy) is 1. The topological polar surface area (TPSA) is 63.5 Å².